The molecule has 1 saturated carbocycles. The van der Waals surface area contributed by atoms with E-state index >= 15 is 0 Å². The predicted octanol–water partition coefficient (Wildman–Crippen LogP) is 3.11. The molecule has 0 aromatic carbocycles. The summed E-state index contributed by atoms with van der Waals surface area (Å²) in [5.74, 6) is 2.50. The molecule has 1 aromatic rings. The Hall–Kier alpha value is -0.960. The molecule has 3 rings (SSSR count). The fourth-order valence-corrected chi connectivity index (χ4v) is 3.40. The lowest BCUT2D eigenvalue weighted by Crippen LogP contribution is -2.14. The Kier molecular flexibility index (Phi) is 3.33. The van der Waals surface area contributed by atoms with Gasteiger partial charge in [-0.05, 0) is 44.4 Å². The average molecular weight is 245 g/mol. The standard InChI is InChI=1S/C15H23N3/c1-10-6-7-11(8-10)15-17-9-12-13(16)4-2-3-5-14(12)18-15/h9-11,13H,2-8,16H2,1H3. The van der Waals surface area contributed by atoms with Crippen LogP contribution in [0.1, 0.15) is 74.5 Å². The largest absolute Gasteiger partial charge is 0.324 e. The molecule has 2 N–H and O–H groups in total. The third kappa shape index (κ3) is 2.28. The number of aryl methyl sites for hydroxylation is 1. The fraction of sp³-hybridized carbons (Fsp3) is 0.733. The number of aromatic nitrogens is 2. The molecule has 0 bridgehead atoms. The first kappa shape index (κ1) is 12.1. The zero-order valence-electron chi connectivity index (χ0n) is 11.2. The molecule has 0 amide bonds. The minimum absolute atomic E-state index is 0.152. The lowest BCUT2D eigenvalue weighted by molar-refractivity contribution is 0.581. The number of rotatable bonds is 1. The van der Waals surface area contributed by atoms with E-state index in [1.54, 1.807) is 0 Å². The molecular weight excluding hydrogens is 222 g/mol. The van der Waals surface area contributed by atoms with Crippen LogP contribution in [-0.2, 0) is 6.42 Å². The quantitative estimate of drug-likeness (QED) is 0.773. The molecule has 18 heavy (non-hydrogen) atoms. The first-order chi connectivity index (χ1) is 8.74. The molecule has 3 unspecified atom stereocenters. The molecule has 3 nitrogen and oxygen atoms in total. The van der Waals surface area contributed by atoms with Gasteiger partial charge in [0.2, 0.25) is 0 Å². The molecule has 3 atom stereocenters. The molecule has 98 valence electrons. The fourth-order valence-electron chi connectivity index (χ4n) is 3.40. The van der Waals surface area contributed by atoms with Crippen molar-refractivity contribution in [1.29, 1.82) is 0 Å². The van der Waals surface area contributed by atoms with Gasteiger partial charge >= 0.3 is 0 Å². The van der Waals surface area contributed by atoms with E-state index in [-0.39, 0.29) is 6.04 Å². The van der Waals surface area contributed by atoms with Gasteiger partial charge in [0, 0.05) is 29.4 Å². The normalized spacial score (nSPS) is 32.0. The van der Waals surface area contributed by atoms with Gasteiger partial charge in [-0.3, -0.25) is 0 Å². The van der Waals surface area contributed by atoms with E-state index in [0.717, 1.165) is 24.6 Å². The first-order valence-electron chi connectivity index (χ1n) is 7.35. The predicted molar refractivity (Wildman–Crippen MR) is 72.3 cm³/mol. The highest BCUT2D eigenvalue weighted by molar-refractivity contribution is 5.24. The lowest BCUT2D eigenvalue weighted by atomic mass is 10.0. The molecule has 1 fully saturated rings. The van der Waals surface area contributed by atoms with E-state index in [1.807, 2.05) is 6.20 Å². The van der Waals surface area contributed by atoms with Crippen LogP contribution >= 0.6 is 0 Å². The third-order valence-electron chi connectivity index (χ3n) is 4.56. The summed E-state index contributed by atoms with van der Waals surface area (Å²) in [6, 6.07) is 0.152. The van der Waals surface area contributed by atoms with Crippen molar-refractivity contribution in [1.82, 2.24) is 9.97 Å². The number of hydrogen-bond donors (Lipinski definition) is 1. The maximum atomic E-state index is 6.19. The van der Waals surface area contributed by atoms with Crippen LogP contribution in [0.15, 0.2) is 6.20 Å². The second-order valence-corrected chi connectivity index (χ2v) is 6.10. The summed E-state index contributed by atoms with van der Waals surface area (Å²) in [6.07, 6.45) is 10.4. The van der Waals surface area contributed by atoms with E-state index in [9.17, 15) is 0 Å². The van der Waals surface area contributed by atoms with Gasteiger partial charge in [0.05, 0.1) is 0 Å². The van der Waals surface area contributed by atoms with Gasteiger partial charge < -0.3 is 5.73 Å². The summed E-state index contributed by atoms with van der Waals surface area (Å²) in [6.45, 7) is 2.33. The summed E-state index contributed by atoms with van der Waals surface area (Å²) in [5, 5.41) is 0. The monoisotopic (exact) mass is 245 g/mol. The Morgan fingerprint density at radius 3 is 2.89 bits per heavy atom. The minimum atomic E-state index is 0.152. The summed E-state index contributed by atoms with van der Waals surface area (Å²) < 4.78 is 0. The summed E-state index contributed by atoms with van der Waals surface area (Å²) >= 11 is 0. The zero-order chi connectivity index (χ0) is 12.5. The van der Waals surface area contributed by atoms with E-state index in [1.165, 1.54) is 43.4 Å². The van der Waals surface area contributed by atoms with Crippen molar-refractivity contribution in [3.8, 4) is 0 Å². The highest BCUT2D eigenvalue weighted by atomic mass is 14.9. The molecule has 3 heteroatoms. The summed E-state index contributed by atoms with van der Waals surface area (Å²) in [5.41, 5.74) is 8.61. The molecule has 1 aromatic heterocycles. The van der Waals surface area contributed by atoms with E-state index in [0.29, 0.717) is 5.92 Å². The first-order valence-corrected chi connectivity index (χ1v) is 7.35. The van der Waals surface area contributed by atoms with Crippen LogP contribution in [0.2, 0.25) is 0 Å². The highest BCUT2D eigenvalue weighted by Gasteiger charge is 2.26. The summed E-state index contributed by atoms with van der Waals surface area (Å²) in [4.78, 5) is 9.46. The van der Waals surface area contributed by atoms with Crippen LogP contribution in [-0.4, -0.2) is 9.97 Å². The van der Waals surface area contributed by atoms with Crippen molar-refractivity contribution >= 4 is 0 Å². The average Bonchev–Trinajstić information content (AvgIpc) is 2.72. The van der Waals surface area contributed by atoms with Crippen molar-refractivity contribution in [2.45, 2.75) is 63.8 Å². The van der Waals surface area contributed by atoms with Gasteiger partial charge in [-0.1, -0.05) is 13.3 Å². The van der Waals surface area contributed by atoms with E-state index in [4.69, 9.17) is 10.7 Å². The van der Waals surface area contributed by atoms with Gasteiger partial charge in [-0.2, -0.15) is 0 Å². The number of fused-ring (bicyclic) bond motifs is 1. The van der Waals surface area contributed by atoms with Crippen LogP contribution in [0.25, 0.3) is 0 Å². The van der Waals surface area contributed by atoms with Crippen molar-refractivity contribution in [3.05, 3.63) is 23.3 Å². The van der Waals surface area contributed by atoms with E-state index in [2.05, 4.69) is 11.9 Å². The minimum Gasteiger partial charge on any atom is -0.324 e. The molecule has 1 heterocycles. The maximum absolute atomic E-state index is 6.19. The van der Waals surface area contributed by atoms with Crippen molar-refractivity contribution in [2.75, 3.05) is 0 Å². The molecule has 0 radical (unpaired) electrons. The molecule has 0 saturated heterocycles. The highest BCUT2D eigenvalue weighted by Crippen LogP contribution is 2.37. The molecular formula is C15H23N3. The number of nitrogens with two attached hydrogens (primary N) is 1. The van der Waals surface area contributed by atoms with Gasteiger partial charge in [-0.25, -0.2) is 9.97 Å². The Morgan fingerprint density at radius 1 is 1.22 bits per heavy atom. The van der Waals surface area contributed by atoms with Gasteiger partial charge in [0.1, 0.15) is 5.82 Å². The topological polar surface area (TPSA) is 51.8 Å². The third-order valence-corrected chi connectivity index (χ3v) is 4.56. The van der Waals surface area contributed by atoms with Crippen LogP contribution in [0.4, 0.5) is 0 Å². The summed E-state index contributed by atoms with van der Waals surface area (Å²) in [7, 11) is 0. The Bertz CT molecular complexity index is 430. The number of hydrogen-bond acceptors (Lipinski definition) is 3. The Balaban J connectivity index is 1.88. The second kappa shape index (κ2) is 4.96. The maximum Gasteiger partial charge on any atom is 0.131 e. The van der Waals surface area contributed by atoms with Crippen LogP contribution in [0, 0.1) is 5.92 Å². The molecule has 0 aliphatic heterocycles. The molecule has 0 spiro atoms. The SMILES string of the molecule is CC1CCC(c2ncc3c(n2)CCCCC3N)C1. The van der Waals surface area contributed by atoms with Crippen LogP contribution < -0.4 is 5.73 Å². The smallest absolute Gasteiger partial charge is 0.131 e. The van der Waals surface area contributed by atoms with Crippen molar-refractivity contribution in [2.24, 2.45) is 11.7 Å². The van der Waals surface area contributed by atoms with Gasteiger partial charge in [0.15, 0.2) is 0 Å². The second-order valence-electron chi connectivity index (χ2n) is 6.10. The van der Waals surface area contributed by atoms with Crippen molar-refractivity contribution < 1.29 is 0 Å². The zero-order valence-corrected chi connectivity index (χ0v) is 11.2. The van der Waals surface area contributed by atoms with Crippen LogP contribution in [0.3, 0.4) is 0 Å². The van der Waals surface area contributed by atoms with Gasteiger partial charge in [0.25, 0.3) is 0 Å². The van der Waals surface area contributed by atoms with Gasteiger partial charge in [-0.15, -0.1) is 0 Å². The van der Waals surface area contributed by atoms with Crippen molar-refractivity contribution in [3.63, 3.8) is 0 Å². The Labute approximate surface area is 109 Å². The molecule has 2 aliphatic carbocycles. The molecule has 2 aliphatic rings. The lowest BCUT2D eigenvalue weighted by Gasteiger charge is -2.14. The van der Waals surface area contributed by atoms with Crippen LogP contribution in [0.5, 0.6) is 0 Å². The Morgan fingerprint density at radius 2 is 2.11 bits per heavy atom. The van der Waals surface area contributed by atoms with E-state index < -0.39 is 0 Å². The number of nitrogens with zero attached hydrogens (tertiary/aromatic N) is 2.